The van der Waals surface area contributed by atoms with Crippen molar-refractivity contribution in [3.8, 4) is 5.75 Å². The number of ether oxygens (including phenoxy) is 1. The Balaban J connectivity index is 2.25. The summed E-state index contributed by atoms with van der Waals surface area (Å²) in [6.07, 6.45) is -0.674. The number of hydrogen-bond acceptors (Lipinski definition) is 2. The van der Waals surface area contributed by atoms with Gasteiger partial charge in [0.25, 0.3) is 0 Å². The molecule has 2 aromatic carbocycles. The lowest BCUT2D eigenvalue weighted by Crippen LogP contribution is -2.05. The van der Waals surface area contributed by atoms with Gasteiger partial charge >= 0.3 is 0 Å². The minimum atomic E-state index is -0.830. The fourth-order valence-electron chi connectivity index (χ4n) is 1.96. The maximum absolute atomic E-state index is 14.0. The van der Waals surface area contributed by atoms with Crippen molar-refractivity contribution in [2.75, 3.05) is 7.11 Å². The minimum Gasteiger partial charge on any atom is -0.494 e. The van der Waals surface area contributed by atoms with Gasteiger partial charge in [0.05, 0.1) is 13.2 Å². The number of aliphatic hydroxyl groups is 1. The maximum atomic E-state index is 14.0. The van der Waals surface area contributed by atoms with Crippen LogP contribution in [0.1, 0.15) is 17.2 Å². The Morgan fingerprint density at radius 2 is 2.10 bits per heavy atom. The predicted molar refractivity (Wildman–Crippen MR) is 80.8 cm³/mol. The van der Waals surface area contributed by atoms with Gasteiger partial charge in [-0.25, -0.2) is 4.39 Å². The van der Waals surface area contributed by atoms with Crippen LogP contribution < -0.4 is 4.74 Å². The molecule has 0 spiro atoms. The zero-order valence-corrected chi connectivity index (χ0v) is 13.1. The highest BCUT2D eigenvalue weighted by molar-refractivity contribution is 9.10. The molecule has 1 unspecified atom stereocenters. The lowest BCUT2D eigenvalue weighted by molar-refractivity contribution is 0.176. The van der Waals surface area contributed by atoms with Crippen LogP contribution in [-0.4, -0.2) is 12.2 Å². The smallest absolute Gasteiger partial charge is 0.168 e. The second kappa shape index (κ2) is 6.57. The van der Waals surface area contributed by atoms with Gasteiger partial charge in [0.2, 0.25) is 0 Å². The van der Waals surface area contributed by atoms with Crippen molar-refractivity contribution in [3.05, 3.63) is 62.8 Å². The predicted octanol–water partition coefficient (Wildman–Crippen LogP) is 4.53. The summed E-state index contributed by atoms with van der Waals surface area (Å²) in [5.74, 6) is -0.274. The van der Waals surface area contributed by atoms with Crippen molar-refractivity contribution in [2.45, 2.75) is 12.5 Å². The maximum Gasteiger partial charge on any atom is 0.168 e. The topological polar surface area (TPSA) is 29.5 Å². The largest absolute Gasteiger partial charge is 0.494 e. The Morgan fingerprint density at radius 1 is 1.35 bits per heavy atom. The fraction of sp³-hybridized carbons (Fsp3) is 0.200. The summed E-state index contributed by atoms with van der Waals surface area (Å²) in [5, 5.41) is 10.8. The van der Waals surface area contributed by atoms with Crippen molar-refractivity contribution < 1.29 is 14.2 Å². The minimum absolute atomic E-state index is 0.156. The molecule has 0 saturated carbocycles. The first-order valence-electron chi connectivity index (χ1n) is 5.97. The van der Waals surface area contributed by atoms with E-state index in [2.05, 4.69) is 15.9 Å². The molecule has 0 radical (unpaired) electrons. The standard InChI is InChI=1S/C15H13BrClFO2/c1-20-14-4-2-3-9(15(14)18)7-13(19)11-6-5-10(17)8-12(11)16/h2-6,8,13,19H,7H2,1H3. The number of halogens is 3. The van der Waals surface area contributed by atoms with Gasteiger partial charge in [-0.3, -0.25) is 0 Å². The van der Waals surface area contributed by atoms with Gasteiger partial charge in [0.15, 0.2) is 11.6 Å². The molecule has 1 atom stereocenters. The van der Waals surface area contributed by atoms with Crippen LogP contribution in [0.5, 0.6) is 5.75 Å². The van der Waals surface area contributed by atoms with E-state index < -0.39 is 11.9 Å². The lowest BCUT2D eigenvalue weighted by Gasteiger charge is -2.14. The second-order valence-electron chi connectivity index (χ2n) is 4.32. The van der Waals surface area contributed by atoms with Crippen LogP contribution in [0.4, 0.5) is 4.39 Å². The number of benzene rings is 2. The van der Waals surface area contributed by atoms with Crippen LogP contribution in [0.15, 0.2) is 40.9 Å². The molecule has 0 saturated heterocycles. The molecule has 106 valence electrons. The van der Waals surface area contributed by atoms with Crippen LogP contribution in [0.25, 0.3) is 0 Å². The SMILES string of the molecule is COc1cccc(CC(O)c2ccc(Cl)cc2Br)c1F. The van der Waals surface area contributed by atoms with Crippen LogP contribution >= 0.6 is 27.5 Å². The molecule has 2 aromatic rings. The van der Waals surface area contributed by atoms with Gasteiger partial charge < -0.3 is 9.84 Å². The summed E-state index contributed by atoms with van der Waals surface area (Å²) in [6.45, 7) is 0. The molecular formula is C15H13BrClFO2. The number of methoxy groups -OCH3 is 1. The zero-order valence-electron chi connectivity index (χ0n) is 10.7. The van der Waals surface area contributed by atoms with E-state index in [-0.39, 0.29) is 12.2 Å². The molecule has 0 amide bonds. The Labute approximate surface area is 130 Å². The van der Waals surface area contributed by atoms with Crippen LogP contribution in [0, 0.1) is 5.82 Å². The summed E-state index contributed by atoms with van der Waals surface area (Å²) in [7, 11) is 1.41. The molecule has 1 N–H and O–H groups in total. The first kappa shape index (κ1) is 15.3. The molecular weight excluding hydrogens is 347 g/mol. The van der Waals surface area contributed by atoms with Gasteiger partial charge in [-0.05, 0) is 29.3 Å². The molecule has 0 fully saturated rings. The van der Waals surface area contributed by atoms with E-state index in [4.69, 9.17) is 16.3 Å². The normalized spacial score (nSPS) is 12.2. The first-order chi connectivity index (χ1) is 9.52. The summed E-state index contributed by atoms with van der Waals surface area (Å²) in [4.78, 5) is 0. The van der Waals surface area contributed by atoms with Crippen molar-refractivity contribution in [1.29, 1.82) is 0 Å². The molecule has 0 aliphatic rings. The lowest BCUT2D eigenvalue weighted by atomic mass is 10.0. The van der Waals surface area contributed by atoms with Crippen molar-refractivity contribution in [3.63, 3.8) is 0 Å². The summed E-state index contributed by atoms with van der Waals surface area (Å²) in [5.41, 5.74) is 1.07. The van der Waals surface area contributed by atoms with E-state index in [0.29, 0.717) is 20.6 Å². The van der Waals surface area contributed by atoms with E-state index in [0.717, 1.165) is 0 Å². The third-order valence-electron chi connectivity index (χ3n) is 3.00. The second-order valence-corrected chi connectivity index (χ2v) is 5.61. The Bertz CT molecular complexity index is 619. The fourth-order valence-corrected chi connectivity index (χ4v) is 2.91. The summed E-state index contributed by atoms with van der Waals surface area (Å²) in [6, 6.07) is 9.97. The van der Waals surface area contributed by atoms with Crippen molar-refractivity contribution in [1.82, 2.24) is 0 Å². The van der Waals surface area contributed by atoms with E-state index in [1.807, 2.05) is 0 Å². The van der Waals surface area contributed by atoms with Crippen LogP contribution in [-0.2, 0) is 6.42 Å². The first-order valence-corrected chi connectivity index (χ1v) is 7.14. The highest BCUT2D eigenvalue weighted by atomic mass is 79.9. The molecule has 0 aromatic heterocycles. The number of hydrogen-bond donors (Lipinski definition) is 1. The Morgan fingerprint density at radius 3 is 2.75 bits per heavy atom. The molecule has 0 bridgehead atoms. The quantitative estimate of drug-likeness (QED) is 0.869. The molecule has 0 aliphatic carbocycles. The Kier molecular flexibility index (Phi) is 5.02. The van der Waals surface area contributed by atoms with Gasteiger partial charge in [0.1, 0.15) is 0 Å². The van der Waals surface area contributed by atoms with Crippen molar-refractivity contribution in [2.24, 2.45) is 0 Å². The van der Waals surface area contributed by atoms with Crippen LogP contribution in [0.2, 0.25) is 5.02 Å². The van der Waals surface area contributed by atoms with E-state index in [1.54, 1.807) is 36.4 Å². The van der Waals surface area contributed by atoms with Gasteiger partial charge in [0, 0.05) is 15.9 Å². The average Bonchev–Trinajstić information content (AvgIpc) is 2.41. The number of rotatable bonds is 4. The zero-order chi connectivity index (χ0) is 14.7. The highest BCUT2D eigenvalue weighted by Gasteiger charge is 2.16. The molecule has 2 nitrogen and oxygen atoms in total. The summed E-state index contributed by atoms with van der Waals surface area (Å²) < 4.78 is 19.7. The highest BCUT2D eigenvalue weighted by Crippen LogP contribution is 2.30. The average molecular weight is 360 g/mol. The number of aliphatic hydroxyl groups excluding tert-OH is 1. The molecule has 0 heterocycles. The van der Waals surface area contributed by atoms with E-state index >= 15 is 0 Å². The van der Waals surface area contributed by atoms with Gasteiger partial charge in [-0.15, -0.1) is 0 Å². The molecule has 0 aliphatic heterocycles. The van der Waals surface area contributed by atoms with Crippen LogP contribution in [0.3, 0.4) is 0 Å². The van der Waals surface area contributed by atoms with E-state index in [9.17, 15) is 9.50 Å². The third-order valence-corrected chi connectivity index (χ3v) is 3.92. The molecule has 20 heavy (non-hydrogen) atoms. The molecule has 2 rings (SSSR count). The van der Waals surface area contributed by atoms with Crippen molar-refractivity contribution >= 4 is 27.5 Å². The van der Waals surface area contributed by atoms with Gasteiger partial charge in [-0.2, -0.15) is 0 Å². The third kappa shape index (κ3) is 3.32. The molecule has 5 heteroatoms. The van der Waals surface area contributed by atoms with Gasteiger partial charge in [-0.1, -0.05) is 45.7 Å². The summed E-state index contributed by atoms with van der Waals surface area (Å²) >= 11 is 9.20. The monoisotopic (exact) mass is 358 g/mol. The Hall–Kier alpha value is -1.10. The van der Waals surface area contributed by atoms with E-state index in [1.165, 1.54) is 7.11 Å².